The van der Waals surface area contributed by atoms with E-state index in [1.165, 1.54) is 84.6 Å². The van der Waals surface area contributed by atoms with E-state index in [-0.39, 0.29) is 0 Å². The first kappa shape index (κ1) is 16.5. The first-order valence-electron chi connectivity index (χ1n) is 9.56. The highest BCUT2D eigenvalue weighted by molar-refractivity contribution is 5.09. The summed E-state index contributed by atoms with van der Waals surface area (Å²) in [7, 11) is 0. The normalized spacial score (nSPS) is 32.4. The van der Waals surface area contributed by atoms with Crippen LogP contribution in [0.25, 0.3) is 0 Å². The van der Waals surface area contributed by atoms with Gasteiger partial charge in [0.15, 0.2) is 0 Å². The molecule has 0 aromatic heterocycles. The van der Waals surface area contributed by atoms with Crippen molar-refractivity contribution in [2.75, 3.05) is 58.9 Å². The van der Waals surface area contributed by atoms with Crippen molar-refractivity contribution in [3.05, 3.63) is 11.6 Å². The standard InChI is InChI=1S/C19H35N3/c1-17-6-5-7-18(2)19(17)16-22-14-12-21(13-15-22)11-10-20-8-3-4-9-20/h6,18-19H,3-5,7-16H2,1-2H3. The van der Waals surface area contributed by atoms with E-state index < -0.39 is 0 Å². The highest BCUT2D eigenvalue weighted by Gasteiger charge is 2.26. The topological polar surface area (TPSA) is 9.72 Å². The monoisotopic (exact) mass is 305 g/mol. The van der Waals surface area contributed by atoms with Crippen molar-refractivity contribution in [1.29, 1.82) is 0 Å². The number of hydrogen-bond donors (Lipinski definition) is 0. The van der Waals surface area contributed by atoms with Gasteiger partial charge in [-0.25, -0.2) is 0 Å². The zero-order valence-corrected chi connectivity index (χ0v) is 14.8. The van der Waals surface area contributed by atoms with Crippen LogP contribution in [0.1, 0.15) is 39.5 Å². The molecular formula is C19H35N3. The molecule has 0 N–H and O–H groups in total. The van der Waals surface area contributed by atoms with Gasteiger partial charge >= 0.3 is 0 Å². The minimum Gasteiger partial charge on any atom is -0.302 e. The van der Waals surface area contributed by atoms with E-state index >= 15 is 0 Å². The van der Waals surface area contributed by atoms with Crippen molar-refractivity contribution in [2.45, 2.75) is 39.5 Å². The summed E-state index contributed by atoms with van der Waals surface area (Å²) in [5.74, 6) is 1.68. The van der Waals surface area contributed by atoms with Crippen LogP contribution in [-0.4, -0.2) is 73.6 Å². The third-order valence-corrected chi connectivity index (χ3v) is 6.21. The van der Waals surface area contributed by atoms with Gasteiger partial charge in [0.25, 0.3) is 0 Å². The van der Waals surface area contributed by atoms with Crippen LogP contribution in [0.2, 0.25) is 0 Å². The van der Waals surface area contributed by atoms with Crippen molar-refractivity contribution in [3.8, 4) is 0 Å². The third-order valence-electron chi connectivity index (χ3n) is 6.21. The quantitative estimate of drug-likeness (QED) is 0.723. The smallest absolute Gasteiger partial charge is 0.0110 e. The Morgan fingerprint density at radius 1 is 0.909 bits per heavy atom. The van der Waals surface area contributed by atoms with Crippen LogP contribution in [0.15, 0.2) is 11.6 Å². The molecule has 2 unspecified atom stereocenters. The predicted molar refractivity (Wildman–Crippen MR) is 94.2 cm³/mol. The van der Waals surface area contributed by atoms with Gasteiger partial charge in [-0.1, -0.05) is 18.6 Å². The summed E-state index contributed by atoms with van der Waals surface area (Å²) < 4.78 is 0. The van der Waals surface area contributed by atoms with E-state index in [4.69, 9.17) is 0 Å². The lowest BCUT2D eigenvalue weighted by atomic mass is 9.80. The summed E-state index contributed by atoms with van der Waals surface area (Å²) in [5.41, 5.74) is 1.65. The van der Waals surface area contributed by atoms with E-state index in [0.717, 1.165) is 11.8 Å². The summed E-state index contributed by atoms with van der Waals surface area (Å²) in [6, 6.07) is 0. The predicted octanol–water partition coefficient (Wildman–Crippen LogP) is 2.69. The van der Waals surface area contributed by atoms with Gasteiger partial charge < -0.3 is 9.80 Å². The van der Waals surface area contributed by atoms with Gasteiger partial charge in [0, 0.05) is 45.8 Å². The fourth-order valence-corrected chi connectivity index (χ4v) is 4.46. The molecule has 2 saturated heterocycles. The highest BCUT2D eigenvalue weighted by Crippen LogP contribution is 2.30. The second-order valence-electron chi connectivity index (χ2n) is 7.80. The molecule has 2 atom stereocenters. The summed E-state index contributed by atoms with van der Waals surface area (Å²) in [5, 5.41) is 0. The molecular weight excluding hydrogens is 270 g/mol. The minimum absolute atomic E-state index is 0.810. The lowest BCUT2D eigenvalue weighted by Crippen LogP contribution is -2.50. The van der Waals surface area contributed by atoms with E-state index in [9.17, 15) is 0 Å². The second-order valence-corrected chi connectivity index (χ2v) is 7.80. The molecule has 2 aliphatic heterocycles. The summed E-state index contributed by atoms with van der Waals surface area (Å²) in [4.78, 5) is 8.04. The molecule has 0 aromatic carbocycles. The van der Waals surface area contributed by atoms with Crippen LogP contribution in [0.3, 0.4) is 0 Å². The average Bonchev–Trinajstić information content (AvgIpc) is 3.04. The van der Waals surface area contributed by atoms with Gasteiger partial charge in [-0.2, -0.15) is 0 Å². The second kappa shape index (κ2) is 7.94. The number of piperazine rings is 1. The molecule has 1 aliphatic carbocycles. The van der Waals surface area contributed by atoms with Crippen molar-refractivity contribution < 1.29 is 0 Å². The molecule has 22 heavy (non-hydrogen) atoms. The SMILES string of the molecule is CC1=CCCC(C)C1CN1CCN(CCN2CCCC2)CC1. The van der Waals surface area contributed by atoms with Gasteiger partial charge in [-0.05, 0) is 57.5 Å². The molecule has 2 heterocycles. The Kier molecular flexibility index (Phi) is 5.95. The number of nitrogens with zero attached hydrogens (tertiary/aromatic N) is 3. The van der Waals surface area contributed by atoms with Crippen molar-refractivity contribution in [3.63, 3.8) is 0 Å². The van der Waals surface area contributed by atoms with E-state index in [2.05, 4.69) is 34.6 Å². The Labute approximate surface area is 137 Å². The molecule has 3 nitrogen and oxygen atoms in total. The first-order valence-corrected chi connectivity index (χ1v) is 9.56. The molecule has 0 spiro atoms. The van der Waals surface area contributed by atoms with E-state index in [0.29, 0.717) is 0 Å². The lowest BCUT2D eigenvalue weighted by Gasteiger charge is -2.39. The highest BCUT2D eigenvalue weighted by atomic mass is 15.3. The Hall–Kier alpha value is -0.380. The van der Waals surface area contributed by atoms with E-state index in [1.807, 2.05) is 0 Å². The molecule has 0 radical (unpaired) electrons. The van der Waals surface area contributed by atoms with Gasteiger partial charge in [-0.15, -0.1) is 0 Å². The van der Waals surface area contributed by atoms with Crippen LogP contribution in [0.4, 0.5) is 0 Å². The van der Waals surface area contributed by atoms with Crippen LogP contribution < -0.4 is 0 Å². The summed E-state index contributed by atoms with van der Waals surface area (Å²) >= 11 is 0. The van der Waals surface area contributed by atoms with E-state index in [1.54, 1.807) is 5.57 Å². The Morgan fingerprint density at radius 3 is 2.14 bits per heavy atom. The molecule has 0 aromatic rings. The summed E-state index contributed by atoms with van der Waals surface area (Å²) in [6.07, 6.45) is 8.00. The largest absolute Gasteiger partial charge is 0.302 e. The number of hydrogen-bond acceptors (Lipinski definition) is 3. The number of likely N-dealkylation sites (tertiary alicyclic amines) is 1. The van der Waals surface area contributed by atoms with Crippen molar-refractivity contribution >= 4 is 0 Å². The Balaban J connectivity index is 1.38. The van der Waals surface area contributed by atoms with Crippen LogP contribution in [-0.2, 0) is 0 Å². The lowest BCUT2D eigenvalue weighted by molar-refractivity contribution is 0.104. The molecule has 3 rings (SSSR count). The maximum atomic E-state index is 2.72. The Morgan fingerprint density at radius 2 is 1.50 bits per heavy atom. The minimum atomic E-state index is 0.810. The van der Waals surface area contributed by atoms with Gasteiger partial charge in [-0.3, -0.25) is 4.90 Å². The summed E-state index contributed by atoms with van der Waals surface area (Å²) in [6.45, 7) is 16.5. The maximum Gasteiger partial charge on any atom is 0.0110 e. The molecule has 126 valence electrons. The van der Waals surface area contributed by atoms with Gasteiger partial charge in [0.1, 0.15) is 0 Å². The molecule has 0 bridgehead atoms. The first-order chi connectivity index (χ1) is 10.7. The zero-order valence-electron chi connectivity index (χ0n) is 14.8. The Bertz CT molecular complexity index is 365. The fraction of sp³-hybridized carbons (Fsp3) is 0.895. The van der Waals surface area contributed by atoms with Crippen LogP contribution in [0, 0.1) is 11.8 Å². The zero-order chi connectivity index (χ0) is 15.4. The third kappa shape index (κ3) is 4.33. The van der Waals surface area contributed by atoms with Crippen LogP contribution in [0.5, 0.6) is 0 Å². The van der Waals surface area contributed by atoms with Gasteiger partial charge in [0.05, 0.1) is 0 Å². The average molecular weight is 306 g/mol. The molecule has 0 saturated carbocycles. The maximum absolute atomic E-state index is 2.72. The number of allylic oxidation sites excluding steroid dienone is 1. The fourth-order valence-electron chi connectivity index (χ4n) is 4.46. The number of rotatable bonds is 5. The molecule has 3 aliphatic rings. The molecule has 2 fully saturated rings. The molecule has 3 heteroatoms. The van der Waals surface area contributed by atoms with Crippen molar-refractivity contribution in [1.82, 2.24) is 14.7 Å². The van der Waals surface area contributed by atoms with Gasteiger partial charge in [0.2, 0.25) is 0 Å². The van der Waals surface area contributed by atoms with Crippen molar-refractivity contribution in [2.24, 2.45) is 11.8 Å². The van der Waals surface area contributed by atoms with Crippen LogP contribution >= 0.6 is 0 Å². The molecule has 0 amide bonds.